The Hall–Kier alpha value is -2.51. The van der Waals surface area contributed by atoms with Crippen molar-refractivity contribution in [2.45, 2.75) is 26.9 Å². The van der Waals surface area contributed by atoms with E-state index in [0.29, 0.717) is 13.1 Å². The van der Waals surface area contributed by atoms with Crippen molar-refractivity contribution < 1.29 is 0 Å². The summed E-state index contributed by atoms with van der Waals surface area (Å²) >= 11 is 0. The number of rotatable bonds is 4. The van der Waals surface area contributed by atoms with Gasteiger partial charge in [0, 0.05) is 24.3 Å². The van der Waals surface area contributed by atoms with Gasteiger partial charge in [-0.05, 0) is 13.8 Å². The van der Waals surface area contributed by atoms with Crippen molar-refractivity contribution in [1.82, 2.24) is 19.7 Å². The molecular weight excluding hydrogens is 248 g/mol. The smallest absolute Gasteiger partial charge is 0.330 e. The summed E-state index contributed by atoms with van der Waals surface area (Å²) in [5.74, 6) is 0.136. The van der Waals surface area contributed by atoms with Crippen molar-refractivity contribution in [2.75, 3.05) is 11.1 Å². The lowest BCUT2D eigenvalue weighted by molar-refractivity contribution is 0.706. The number of H-pyrrole nitrogens is 2. The van der Waals surface area contributed by atoms with E-state index in [1.807, 2.05) is 6.92 Å². The summed E-state index contributed by atoms with van der Waals surface area (Å²) in [6.45, 7) is 4.45. The highest BCUT2D eigenvalue weighted by molar-refractivity contribution is 5.60. The number of nitrogens with zero attached hydrogens (tertiary/aromatic N) is 2. The van der Waals surface area contributed by atoms with Crippen molar-refractivity contribution in [1.29, 1.82) is 0 Å². The number of hydrogen-bond donors (Lipinski definition) is 4. The molecule has 0 aliphatic rings. The molecule has 0 aliphatic heterocycles. The standard InChI is InChI=1S/C11H16N6O2/c1-3-17-9(12)8(10(18)15-11(17)19)13-4-7-5-14-16-6(7)2/h5,13H,3-4,12H2,1-2H3,(H,14,16)(H,15,18,19). The van der Waals surface area contributed by atoms with E-state index in [0.717, 1.165) is 11.3 Å². The highest BCUT2D eigenvalue weighted by atomic mass is 16.2. The Morgan fingerprint density at radius 2 is 2.21 bits per heavy atom. The molecule has 8 nitrogen and oxygen atoms in total. The third-order valence-electron chi connectivity index (χ3n) is 2.95. The number of nitrogens with one attached hydrogen (secondary N) is 3. The summed E-state index contributed by atoms with van der Waals surface area (Å²) in [5, 5.41) is 9.63. The Morgan fingerprint density at radius 3 is 2.79 bits per heavy atom. The molecule has 0 aliphatic carbocycles. The van der Waals surface area contributed by atoms with Crippen LogP contribution in [0.2, 0.25) is 0 Å². The molecule has 0 unspecified atom stereocenters. The number of nitrogens with two attached hydrogens (primary N) is 1. The molecule has 0 saturated carbocycles. The minimum Gasteiger partial charge on any atom is -0.383 e. The van der Waals surface area contributed by atoms with E-state index < -0.39 is 11.2 Å². The minimum atomic E-state index is -0.520. The van der Waals surface area contributed by atoms with Gasteiger partial charge in [-0.15, -0.1) is 0 Å². The Balaban J connectivity index is 2.33. The predicted molar refractivity (Wildman–Crippen MR) is 72.1 cm³/mol. The molecule has 0 radical (unpaired) electrons. The maximum atomic E-state index is 11.7. The summed E-state index contributed by atoms with van der Waals surface area (Å²) in [7, 11) is 0. The molecule has 2 aromatic rings. The van der Waals surface area contributed by atoms with E-state index in [1.54, 1.807) is 13.1 Å². The van der Waals surface area contributed by atoms with Gasteiger partial charge in [0.15, 0.2) is 0 Å². The fourth-order valence-electron chi connectivity index (χ4n) is 1.81. The average Bonchev–Trinajstić information content (AvgIpc) is 2.75. The Labute approximate surface area is 108 Å². The van der Waals surface area contributed by atoms with Gasteiger partial charge in [-0.3, -0.25) is 19.4 Å². The summed E-state index contributed by atoms with van der Waals surface area (Å²) in [6, 6.07) is 0. The van der Waals surface area contributed by atoms with Crippen LogP contribution in [0.3, 0.4) is 0 Å². The van der Waals surface area contributed by atoms with Crippen LogP contribution in [0.4, 0.5) is 11.5 Å². The molecule has 0 saturated heterocycles. The molecule has 8 heteroatoms. The highest BCUT2D eigenvalue weighted by Crippen LogP contribution is 2.12. The number of aromatic amines is 2. The van der Waals surface area contributed by atoms with Crippen LogP contribution in [0.15, 0.2) is 15.8 Å². The molecule has 0 bridgehead atoms. The predicted octanol–water partition coefficient (Wildman–Crippen LogP) is -0.218. The molecule has 5 N–H and O–H groups in total. The molecule has 0 atom stereocenters. The molecule has 0 spiro atoms. The third-order valence-corrected chi connectivity index (χ3v) is 2.95. The van der Waals surface area contributed by atoms with Crippen LogP contribution in [-0.2, 0) is 13.1 Å². The lowest BCUT2D eigenvalue weighted by atomic mass is 10.2. The first-order valence-electron chi connectivity index (χ1n) is 5.90. The number of aromatic nitrogens is 4. The van der Waals surface area contributed by atoms with Crippen LogP contribution in [0.25, 0.3) is 0 Å². The van der Waals surface area contributed by atoms with Crippen LogP contribution in [0.1, 0.15) is 18.2 Å². The number of anilines is 2. The third kappa shape index (κ3) is 2.37. The maximum absolute atomic E-state index is 11.7. The van der Waals surface area contributed by atoms with Crippen molar-refractivity contribution in [3.05, 3.63) is 38.3 Å². The van der Waals surface area contributed by atoms with Gasteiger partial charge < -0.3 is 11.1 Å². The zero-order valence-corrected chi connectivity index (χ0v) is 10.8. The highest BCUT2D eigenvalue weighted by Gasteiger charge is 2.11. The monoisotopic (exact) mass is 264 g/mol. The molecule has 102 valence electrons. The van der Waals surface area contributed by atoms with E-state index in [4.69, 9.17) is 5.73 Å². The van der Waals surface area contributed by atoms with Crippen LogP contribution in [-0.4, -0.2) is 19.7 Å². The normalized spacial score (nSPS) is 10.6. The van der Waals surface area contributed by atoms with Gasteiger partial charge in [0.05, 0.1) is 6.20 Å². The van der Waals surface area contributed by atoms with Gasteiger partial charge in [0.2, 0.25) is 0 Å². The Bertz CT molecular complexity index is 696. The molecule has 0 fully saturated rings. The summed E-state index contributed by atoms with van der Waals surface area (Å²) in [5.41, 5.74) is 6.83. The lowest BCUT2D eigenvalue weighted by Gasteiger charge is -2.12. The summed E-state index contributed by atoms with van der Waals surface area (Å²) in [4.78, 5) is 25.5. The second-order valence-corrected chi connectivity index (χ2v) is 4.14. The second kappa shape index (κ2) is 5.01. The molecule has 2 rings (SSSR count). The zero-order valence-electron chi connectivity index (χ0n) is 10.8. The van der Waals surface area contributed by atoms with Gasteiger partial charge in [-0.1, -0.05) is 0 Å². The lowest BCUT2D eigenvalue weighted by Crippen LogP contribution is -2.33. The van der Waals surface area contributed by atoms with E-state index >= 15 is 0 Å². The van der Waals surface area contributed by atoms with Gasteiger partial charge >= 0.3 is 5.69 Å². The average molecular weight is 264 g/mol. The number of hydrogen-bond acceptors (Lipinski definition) is 5. The van der Waals surface area contributed by atoms with Crippen LogP contribution in [0, 0.1) is 6.92 Å². The minimum absolute atomic E-state index is 0.136. The van der Waals surface area contributed by atoms with E-state index in [9.17, 15) is 9.59 Å². The maximum Gasteiger partial charge on any atom is 0.330 e. The van der Waals surface area contributed by atoms with Gasteiger partial charge in [0.25, 0.3) is 5.56 Å². The first kappa shape index (κ1) is 12.9. The second-order valence-electron chi connectivity index (χ2n) is 4.14. The summed E-state index contributed by atoms with van der Waals surface area (Å²) < 4.78 is 1.30. The Kier molecular flexibility index (Phi) is 3.41. The molecule has 19 heavy (non-hydrogen) atoms. The van der Waals surface area contributed by atoms with Crippen LogP contribution in [0.5, 0.6) is 0 Å². The topological polar surface area (TPSA) is 122 Å². The van der Waals surface area contributed by atoms with Crippen molar-refractivity contribution >= 4 is 11.5 Å². The van der Waals surface area contributed by atoms with Crippen molar-refractivity contribution in [3.8, 4) is 0 Å². The largest absolute Gasteiger partial charge is 0.383 e. The van der Waals surface area contributed by atoms with Gasteiger partial charge in [0.1, 0.15) is 11.5 Å². The van der Waals surface area contributed by atoms with E-state index in [-0.39, 0.29) is 11.5 Å². The van der Waals surface area contributed by atoms with Crippen LogP contribution < -0.4 is 22.3 Å². The Morgan fingerprint density at radius 1 is 1.47 bits per heavy atom. The van der Waals surface area contributed by atoms with Gasteiger partial charge in [-0.25, -0.2) is 4.79 Å². The molecule has 2 heterocycles. The summed E-state index contributed by atoms with van der Waals surface area (Å²) in [6.07, 6.45) is 1.67. The number of aryl methyl sites for hydroxylation is 1. The SMILES string of the molecule is CCn1c(N)c(NCc2cn[nH]c2C)c(=O)[nH]c1=O. The van der Waals surface area contributed by atoms with E-state index in [1.165, 1.54) is 4.57 Å². The zero-order chi connectivity index (χ0) is 14.0. The van der Waals surface area contributed by atoms with Crippen LogP contribution >= 0.6 is 0 Å². The fourth-order valence-corrected chi connectivity index (χ4v) is 1.81. The fraction of sp³-hybridized carbons (Fsp3) is 0.364. The first-order chi connectivity index (χ1) is 9.04. The quantitative estimate of drug-likeness (QED) is 0.608. The van der Waals surface area contributed by atoms with Gasteiger partial charge in [-0.2, -0.15) is 5.10 Å². The van der Waals surface area contributed by atoms with Crippen molar-refractivity contribution in [2.24, 2.45) is 0 Å². The van der Waals surface area contributed by atoms with E-state index in [2.05, 4.69) is 20.5 Å². The molecular formula is C11H16N6O2. The number of nitrogen functional groups attached to an aromatic ring is 1. The molecule has 2 aromatic heterocycles. The first-order valence-corrected chi connectivity index (χ1v) is 5.90. The molecule has 0 amide bonds. The van der Waals surface area contributed by atoms with Crippen molar-refractivity contribution in [3.63, 3.8) is 0 Å². The molecule has 0 aromatic carbocycles.